The number of nitro benzene ring substituents is 1. The predicted octanol–water partition coefficient (Wildman–Crippen LogP) is 3.88. The van der Waals surface area contributed by atoms with E-state index < -0.39 is 4.92 Å². The molecule has 1 unspecified atom stereocenters. The first-order chi connectivity index (χ1) is 7.63. The number of rotatable bonds is 6. The first-order valence-electron chi connectivity index (χ1n) is 5.18. The van der Waals surface area contributed by atoms with Crippen LogP contribution in [-0.2, 0) is 0 Å². The molecule has 0 heterocycles. The van der Waals surface area contributed by atoms with Crippen LogP contribution < -0.4 is 4.74 Å². The summed E-state index contributed by atoms with van der Waals surface area (Å²) in [7, 11) is 0. The van der Waals surface area contributed by atoms with Gasteiger partial charge in [0.1, 0.15) is 5.75 Å². The molecular weight excluding hydrogens is 274 g/mol. The van der Waals surface area contributed by atoms with E-state index in [1.54, 1.807) is 12.1 Å². The molecule has 0 spiro atoms. The average Bonchev–Trinajstić information content (AvgIpc) is 2.26. The Bertz CT molecular complexity index is 357. The monoisotopic (exact) mass is 287 g/mol. The lowest BCUT2D eigenvalue weighted by Crippen LogP contribution is -2.07. The second-order valence-electron chi connectivity index (χ2n) is 3.42. The molecule has 1 aromatic rings. The Kier molecular flexibility index (Phi) is 5.25. The van der Waals surface area contributed by atoms with Gasteiger partial charge in [-0.25, -0.2) is 0 Å². The Balaban J connectivity index is 2.59. The van der Waals surface area contributed by atoms with Crippen molar-refractivity contribution < 1.29 is 9.66 Å². The molecule has 0 aliphatic carbocycles. The summed E-state index contributed by atoms with van der Waals surface area (Å²) >= 11 is 3.39. The summed E-state index contributed by atoms with van der Waals surface area (Å²) in [5, 5.41) is 10.5. The molecule has 0 radical (unpaired) electrons. The number of nitro groups is 1. The van der Waals surface area contributed by atoms with Crippen molar-refractivity contribution in [1.29, 1.82) is 0 Å². The van der Waals surface area contributed by atoms with Gasteiger partial charge in [0.15, 0.2) is 5.01 Å². The number of ether oxygens (including phenoxy) is 1. The molecule has 1 atom stereocenters. The highest BCUT2D eigenvalue weighted by Crippen LogP contribution is 2.22. The number of benzene rings is 1. The van der Waals surface area contributed by atoms with Gasteiger partial charge < -0.3 is 4.74 Å². The molecule has 5 heteroatoms. The van der Waals surface area contributed by atoms with E-state index in [-0.39, 0.29) is 10.7 Å². The Labute approximate surface area is 103 Å². The molecule has 1 rings (SSSR count). The lowest BCUT2D eigenvalue weighted by atomic mass is 10.2. The third kappa shape index (κ3) is 4.18. The summed E-state index contributed by atoms with van der Waals surface area (Å²) in [5.74, 6) is 0.521. The minimum atomic E-state index is -0.428. The summed E-state index contributed by atoms with van der Waals surface area (Å²) in [4.78, 5) is 10.1. The van der Waals surface area contributed by atoms with Crippen molar-refractivity contribution in [3.05, 3.63) is 34.4 Å². The highest BCUT2D eigenvalue weighted by molar-refractivity contribution is 9.09. The van der Waals surface area contributed by atoms with Crippen molar-refractivity contribution in [2.75, 3.05) is 0 Å². The molecule has 0 saturated heterocycles. The van der Waals surface area contributed by atoms with Gasteiger partial charge in [-0.1, -0.05) is 19.4 Å². The Morgan fingerprint density at radius 2 is 2.31 bits per heavy atom. The van der Waals surface area contributed by atoms with E-state index >= 15 is 0 Å². The minimum Gasteiger partial charge on any atom is -0.479 e. The smallest absolute Gasteiger partial charge is 0.273 e. The van der Waals surface area contributed by atoms with E-state index in [0.717, 1.165) is 19.3 Å². The maximum absolute atomic E-state index is 10.5. The summed E-state index contributed by atoms with van der Waals surface area (Å²) in [6.07, 6.45) is 3.05. The van der Waals surface area contributed by atoms with E-state index in [1.807, 2.05) is 0 Å². The second-order valence-corrected chi connectivity index (χ2v) is 4.45. The molecule has 0 N–H and O–H groups in total. The lowest BCUT2D eigenvalue weighted by molar-refractivity contribution is -0.384. The van der Waals surface area contributed by atoms with Crippen LogP contribution in [0.1, 0.15) is 26.2 Å². The van der Waals surface area contributed by atoms with Gasteiger partial charge in [-0.15, -0.1) is 0 Å². The van der Waals surface area contributed by atoms with Crippen LogP contribution in [0.2, 0.25) is 0 Å². The number of alkyl halides is 1. The van der Waals surface area contributed by atoms with Gasteiger partial charge in [-0.05, 0) is 34.8 Å². The predicted molar refractivity (Wildman–Crippen MR) is 66.0 cm³/mol. The molecule has 0 aliphatic rings. The zero-order chi connectivity index (χ0) is 12.0. The number of hydrogen-bond donors (Lipinski definition) is 0. The fraction of sp³-hybridized carbons (Fsp3) is 0.455. The van der Waals surface area contributed by atoms with E-state index in [9.17, 15) is 10.1 Å². The zero-order valence-corrected chi connectivity index (χ0v) is 10.6. The highest BCUT2D eigenvalue weighted by atomic mass is 79.9. The fourth-order valence-corrected chi connectivity index (χ4v) is 1.78. The normalized spacial score (nSPS) is 12.1. The van der Waals surface area contributed by atoms with Crippen molar-refractivity contribution in [2.45, 2.75) is 31.2 Å². The third-order valence-corrected chi connectivity index (χ3v) is 2.72. The molecule has 1 aromatic carbocycles. The van der Waals surface area contributed by atoms with E-state index in [2.05, 4.69) is 22.9 Å². The van der Waals surface area contributed by atoms with Crippen LogP contribution in [0.4, 0.5) is 5.69 Å². The van der Waals surface area contributed by atoms with Crippen LogP contribution in [0, 0.1) is 10.1 Å². The number of halogens is 1. The molecule has 0 aromatic heterocycles. The molecule has 0 fully saturated rings. The van der Waals surface area contributed by atoms with Crippen LogP contribution in [0.3, 0.4) is 0 Å². The van der Waals surface area contributed by atoms with Crippen LogP contribution in [-0.4, -0.2) is 9.94 Å². The molecule has 4 nitrogen and oxygen atoms in total. The average molecular weight is 288 g/mol. The maximum atomic E-state index is 10.5. The summed E-state index contributed by atoms with van der Waals surface area (Å²) in [5.41, 5.74) is 0.0488. The minimum absolute atomic E-state index is 0.0488. The molecule has 0 saturated carbocycles. The van der Waals surface area contributed by atoms with Gasteiger partial charge in [-0.3, -0.25) is 10.1 Å². The topological polar surface area (TPSA) is 52.4 Å². The van der Waals surface area contributed by atoms with Crippen LogP contribution in [0.15, 0.2) is 24.3 Å². The van der Waals surface area contributed by atoms with Gasteiger partial charge in [0.25, 0.3) is 5.69 Å². The number of nitrogens with zero attached hydrogens (tertiary/aromatic N) is 1. The van der Waals surface area contributed by atoms with E-state index in [4.69, 9.17) is 4.74 Å². The number of hydrogen-bond acceptors (Lipinski definition) is 3. The molecule has 16 heavy (non-hydrogen) atoms. The molecule has 0 amide bonds. The van der Waals surface area contributed by atoms with Crippen molar-refractivity contribution >= 4 is 21.6 Å². The molecule has 0 aliphatic heterocycles. The van der Waals surface area contributed by atoms with Crippen LogP contribution in [0.25, 0.3) is 0 Å². The zero-order valence-electron chi connectivity index (χ0n) is 9.06. The van der Waals surface area contributed by atoms with Gasteiger partial charge in [0.05, 0.1) is 11.0 Å². The Morgan fingerprint density at radius 3 is 2.94 bits per heavy atom. The van der Waals surface area contributed by atoms with Crippen LogP contribution in [0.5, 0.6) is 5.75 Å². The number of non-ortho nitro benzene ring substituents is 1. The Hall–Kier alpha value is -1.10. The fourth-order valence-electron chi connectivity index (χ4n) is 1.24. The Morgan fingerprint density at radius 1 is 1.56 bits per heavy atom. The SMILES string of the molecule is CCCCC(Br)Oc1cccc([N+](=O)[O-])c1. The van der Waals surface area contributed by atoms with Crippen molar-refractivity contribution in [3.63, 3.8) is 0 Å². The van der Waals surface area contributed by atoms with E-state index in [1.165, 1.54) is 12.1 Å². The van der Waals surface area contributed by atoms with Gasteiger partial charge >= 0.3 is 0 Å². The summed E-state index contributed by atoms with van der Waals surface area (Å²) < 4.78 is 5.52. The summed E-state index contributed by atoms with van der Waals surface area (Å²) in [6, 6.07) is 6.21. The molecule has 88 valence electrons. The second kappa shape index (κ2) is 6.48. The molecular formula is C11H14BrNO3. The number of unbranched alkanes of at least 4 members (excludes halogenated alkanes) is 1. The van der Waals surface area contributed by atoms with Crippen molar-refractivity contribution in [3.8, 4) is 5.75 Å². The summed E-state index contributed by atoms with van der Waals surface area (Å²) in [6.45, 7) is 2.10. The quantitative estimate of drug-likeness (QED) is 0.453. The van der Waals surface area contributed by atoms with Gasteiger partial charge in [0.2, 0.25) is 0 Å². The van der Waals surface area contributed by atoms with E-state index in [0.29, 0.717) is 5.75 Å². The maximum Gasteiger partial charge on any atom is 0.273 e. The standard InChI is InChI=1S/C11H14BrNO3/c1-2-3-7-11(12)16-10-6-4-5-9(8-10)13(14)15/h4-6,8,11H,2-3,7H2,1H3. The first-order valence-corrected chi connectivity index (χ1v) is 6.10. The first kappa shape index (κ1) is 13.0. The van der Waals surface area contributed by atoms with Crippen molar-refractivity contribution in [1.82, 2.24) is 0 Å². The largest absolute Gasteiger partial charge is 0.479 e. The van der Waals surface area contributed by atoms with Gasteiger partial charge in [-0.2, -0.15) is 0 Å². The highest BCUT2D eigenvalue weighted by Gasteiger charge is 2.09. The molecule has 0 bridgehead atoms. The van der Waals surface area contributed by atoms with Crippen LogP contribution >= 0.6 is 15.9 Å². The lowest BCUT2D eigenvalue weighted by Gasteiger charge is -2.12. The third-order valence-electron chi connectivity index (χ3n) is 2.08. The van der Waals surface area contributed by atoms with Gasteiger partial charge in [0, 0.05) is 6.07 Å². The van der Waals surface area contributed by atoms with Crippen molar-refractivity contribution in [2.24, 2.45) is 0 Å².